The summed E-state index contributed by atoms with van der Waals surface area (Å²) in [5.41, 5.74) is -0.158. The van der Waals surface area contributed by atoms with Gasteiger partial charge in [0.05, 0.1) is 0 Å². The predicted molar refractivity (Wildman–Crippen MR) is 132 cm³/mol. The lowest BCUT2D eigenvalue weighted by atomic mass is 9.85. The largest absolute Gasteiger partial charge is 0.352 e. The Hall–Kier alpha value is -1.99. The molecule has 0 radical (unpaired) electrons. The quantitative estimate of drug-likeness (QED) is 0.594. The molecule has 1 aliphatic heterocycles. The van der Waals surface area contributed by atoms with Gasteiger partial charge < -0.3 is 10.2 Å². The molecule has 0 bridgehead atoms. The molecule has 1 aliphatic rings. The lowest BCUT2D eigenvalue weighted by Crippen LogP contribution is -2.38. The number of rotatable bonds is 8. The topological polar surface area (TPSA) is 71.4 Å². The van der Waals surface area contributed by atoms with Crippen LogP contribution in [0.25, 0.3) is 10.2 Å². The molecule has 2 aromatic heterocycles. The highest BCUT2D eigenvalue weighted by atomic mass is 32.1. The summed E-state index contributed by atoms with van der Waals surface area (Å²) >= 11 is 1.48. The van der Waals surface area contributed by atoms with Crippen LogP contribution in [0.2, 0.25) is 0 Å². The van der Waals surface area contributed by atoms with Crippen molar-refractivity contribution in [2.75, 3.05) is 26.2 Å². The van der Waals surface area contributed by atoms with Crippen LogP contribution in [0.5, 0.6) is 0 Å². The zero-order valence-corrected chi connectivity index (χ0v) is 20.9. The third kappa shape index (κ3) is 5.49. The smallest absolute Gasteiger partial charge is 0.265 e. The Balaban J connectivity index is 1.89. The molecule has 1 saturated heterocycles. The van der Waals surface area contributed by atoms with Crippen LogP contribution < -0.4 is 10.9 Å². The van der Waals surface area contributed by atoms with Crippen molar-refractivity contribution >= 4 is 33.2 Å². The first-order valence-electron chi connectivity index (χ1n) is 11.8. The van der Waals surface area contributed by atoms with Crippen LogP contribution in [-0.2, 0) is 11.2 Å². The second kappa shape index (κ2) is 10.3. The molecule has 0 atom stereocenters. The Kier molecular flexibility index (Phi) is 7.93. The fourth-order valence-corrected chi connectivity index (χ4v) is 5.34. The van der Waals surface area contributed by atoms with E-state index in [9.17, 15) is 14.4 Å². The number of hydrogen-bond donors (Lipinski definition) is 1. The van der Waals surface area contributed by atoms with E-state index < -0.39 is 5.41 Å². The molecule has 32 heavy (non-hydrogen) atoms. The number of aromatic nitrogens is 1. The summed E-state index contributed by atoms with van der Waals surface area (Å²) in [6.45, 7) is 13.2. The van der Waals surface area contributed by atoms with Gasteiger partial charge in [-0.3, -0.25) is 19.0 Å². The fraction of sp³-hybridized carbons (Fsp3) is 0.640. The molecule has 3 rings (SSSR count). The summed E-state index contributed by atoms with van der Waals surface area (Å²) in [5, 5.41) is 5.73. The van der Waals surface area contributed by atoms with Gasteiger partial charge in [0.1, 0.15) is 16.2 Å². The monoisotopic (exact) mass is 459 g/mol. The molecule has 1 N–H and O–H groups in total. The minimum atomic E-state index is -0.544. The van der Waals surface area contributed by atoms with Gasteiger partial charge in [0, 0.05) is 29.8 Å². The number of pyridine rings is 1. The van der Waals surface area contributed by atoms with Gasteiger partial charge in [-0.2, -0.15) is 0 Å². The third-order valence-corrected chi connectivity index (χ3v) is 7.14. The van der Waals surface area contributed by atoms with E-state index in [2.05, 4.69) is 10.2 Å². The number of Topliss-reactive ketones (excluding diaryl/α,β-unsaturated/α-hetero) is 1. The number of carbonyl (C=O) groups is 2. The SMILES string of the molecule is CC(C)n1c(=O)c(C(=O)NCCCN2CCCCC2)c(CC(=O)C(C)(C)C)c2ccsc21. The molecule has 7 heteroatoms. The molecule has 0 spiro atoms. The molecular formula is C25H37N3O3S. The minimum absolute atomic E-state index is 0.0193. The normalized spacial score (nSPS) is 15.4. The van der Waals surface area contributed by atoms with Crippen LogP contribution in [0.1, 0.15) is 82.3 Å². The molecule has 1 fully saturated rings. The summed E-state index contributed by atoms with van der Waals surface area (Å²) in [6, 6.07) is 1.85. The number of carbonyl (C=O) groups excluding carboxylic acids is 2. The van der Waals surface area contributed by atoms with Crippen LogP contribution in [0.3, 0.4) is 0 Å². The van der Waals surface area contributed by atoms with Gasteiger partial charge in [0.2, 0.25) is 0 Å². The Morgan fingerprint density at radius 1 is 1.16 bits per heavy atom. The van der Waals surface area contributed by atoms with Crippen LogP contribution in [-0.4, -0.2) is 47.3 Å². The molecule has 6 nitrogen and oxygen atoms in total. The molecule has 0 aliphatic carbocycles. The van der Waals surface area contributed by atoms with E-state index in [4.69, 9.17) is 0 Å². The lowest BCUT2D eigenvalue weighted by molar-refractivity contribution is -0.125. The van der Waals surface area contributed by atoms with Crippen molar-refractivity contribution in [1.29, 1.82) is 0 Å². The second-order valence-corrected chi connectivity index (χ2v) is 11.0. The molecule has 0 aromatic carbocycles. The van der Waals surface area contributed by atoms with Crippen molar-refractivity contribution in [3.63, 3.8) is 0 Å². The maximum Gasteiger partial charge on any atom is 0.265 e. The fourth-order valence-electron chi connectivity index (χ4n) is 4.28. The summed E-state index contributed by atoms with van der Waals surface area (Å²) in [5.74, 6) is -0.348. The molecule has 176 valence electrons. The van der Waals surface area contributed by atoms with Crippen molar-refractivity contribution < 1.29 is 9.59 Å². The van der Waals surface area contributed by atoms with Crippen molar-refractivity contribution in [2.45, 2.75) is 72.8 Å². The highest BCUT2D eigenvalue weighted by Crippen LogP contribution is 2.29. The maximum absolute atomic E-state index is 13.5. The van der Waals surface area contributed by atoms with E-state index in [1.54, 1.807) is 4.57 Å². The number of likely N-dealkylation sites (tertiary alicyclic amines) is 1. The van der Waals surface area contributed by atoms with E-state index in [1.807, 2.05) is 46.1 Å². The second-order valence-electron chi connectivity index (χ2n) is 10.1. The average Bonchev–Trinajstić information content (AvgIpc) is 3.20. The van der Waals surface area contributed by atoms with Gasteiger partial charge in [-0.25, -0.2) is 0 Å². The molecule has 0 saturated carbocycles. The first-order valence-corrected chi connectivity index (χ1v) is 12.7. The van der Waals surface area contributed by atoms with Gasteiger partial charge in [-0.1, -0.05) is 27.2 Å². The van der Waals surface area contributed by atoms with Crippen LogP contribution in [0.15, 0.2) is 16.2 Å². The first-order chi connectivity index (χ1) is 15.1. The van der Waals surface area contributed by atoms with Gasteiger partial charge >= 0.3 is 0 Å². The number of hydrogen-bond acceptors (Lipinski definition) is 5. The third-order valence-electron chi connectivity index (χ3n) is 6.23. The standard InChI is InChI=1S/C25H37N3O3S/c1-17(2)28-23(31)21(22(30)26-11-9-14-27-12-7-6-8-13-27)19(16-20(29)25(3,4)5)18-10-15-32-24(18)28/h10,15,17H,6-9,11-14,16H2,1-5H3,(H,26,30). The number of amides is 1. The molecule has 3 heterocycles. The number of nitrogens with one attached hydrogen (secondary N) is 1. The average molecular weight is 460 g/mol. The molecule has 2 aromatic rings. The number of thiophene rings is 1. The van der Waals surface area contributed by atoms with Crippen molar-refractivity contribution in [3.8, 4) is 0 Å². The Morgan fingerprint density at radius 2 is 1.84 bits per heavy atom. The van der Waals surface area contributed by atoms with Crippen molar-refractivity contribution in [2.24, 2.45) is 5.41 Å². The summed E-state index contributed by atoms with van der Waals surface area (Å²) in [7, 11) is 0. The highest BCUT2D eigenvalue weighted by molar-refractivity contribution is 7.16. The van der Waals surface area contributed by atoms with Gasteiger partial charge in [0.15, 0.2) is 0 Å². The summed E-state index contributed by atoms with van der Waals surface area (Å²) < 4.78 is 1.69. The zero-order chi connectivity index (χ0) is 23.5. The van der Waals surface area contributed by atoms with E-state index in [1.165, 1.54) is 30.6 Å². The van der Waals surface area contributed by atoms with Crippen LogP contribution in [0.4, 0.5) is 0 Å². The highest BCUT2D eigenvalue weighted by Gasteiger charge is 2.29. The van der Waals surface area contributed by atoms with E-state index in [0.29, 0.717) is 12.1 Å². The maximum atomic E-state index is 13.5. The zero-order valence-electron chi connectivity index (χ0n) is 20.1. The number of piperidine rings is 1. The number of fused-ring (bicyclic) bond motifs is 1. The predicted octanol–water partition coefficient (Wildman–Crippen LogP) is 4.41. The summed E-state index contributed by atoms with van der Waals surface area (Å²) in [4.78, 5) is 42.9. The van der Waals surface area contributed by atoms with Crippen LogP contribution in [0, 0.1) is 5.41 Å². The lowest BCUT2D eigenvalue weighted by Gasteiger charge is -2.26. The van der Waals surface area contributed by atoms with E-state index >= 15 is 0 Å². The Bertz CT molecular complexity index is 1020. The number of ketones is 1. The minimum Gasteiger partial charge on any atom is -0.352 e. The van der Waals surface area contributed by atoms with Crippen molar-refractivity contribution in [1.82, 2.24) is 14.8 Å². The van der Waals surface area contributed by atoms with E-state index in [-0.39, 0.29) is 35.3 Å². The van der Waals surface area contributed by atoms with Crippen LogP contribution >= 0.6 is 11.3 Å². The van der Waals surface area contributed by atoms with E-state index in [0.717, 1.165) is 36.3 Å². The Labute approximate surface area is 195 Å². The Morgan fingerprint density at radius 3 is 2.47 bits per heavy atom. The molecule has 1 amide bonds. The van der Waals surface area contributed by atoms with Gasteiger partial charge in [-0.05, 0) is 69.8 Å². The molecule has 0 unspecified atom stereocenters. The van der Waals surface area contributed by atoms with Gasteiger partial charge in [-0.15, -0.1) is 11.3 Å². The van der Waals surface area contributed by atoms with Gasteiger partial charge in [0.25, 0.3) is 11.5 Å². The molecular weight excluding hydrogens is 422 g/mol. The summed E-state index contributed by atoms with van der Waals surface area (Å²) in [6.07, 6.45) is 4.72. The van der Waals surface area contributed by atoms with Crippen molar-refractivity contribution in [3.05, 3.63) is 32.9 Å². The first kappa shape index (κ1) is 24.6. The number of nitrogens with zero attached hydrogens (tertiary/aromatic N) is 2.